The van der Waals surface area contributed by atoms with Gasteiger partial charge in [-0.05, 0) is 18.2 Å². The number of aromatic nitrogens is 1. The van der Waals surface area contributed by atoms with Gasteiger partial charge in [-0.15, -0.1) is 0 Å². The average molecular weight is 350 g/mol. The lowest BCUT2D eigenvalue weighted by molar-refractivity contribution is -0.115. The molecule has 0 spiro atoms. The Morgan fingerprint density at radius 1 is 1.17 bits per heavy atom. The summed E-state index contributed by atoms with van der Waals surface area (Å²) in [5.41, 5.74) is 0.459. The Bertz CT molecular complexity index is 803. The van der Waals surface area contributed by atoms with Gasteiger partial charge in [0.2, 0.25) is 11.8 Å². The van der Waals surface area contributed by atoms with E-state index < -0.39 is 9.84 Å². The molecule has 7 nitrogen and oxygen atoms in total. The zero-order valence-electron chi connectivity index (χ0n) is 13.4. The summed E-state index contributed by atoms with van der Waals surface area (Å²) in [6.07, 6.45) is 2.42. The first-order valence-corrected chi connectivity index (χ1v) is 9.18. The summed E-state index contributed by atoms with van der Waals surface area (Å²) in [6.45, 7) is 0. The van der Waals surface area contributed by atoms with E-state index in [0.717, 1.165) is 6.26 Å². The van der Waals surface area contributed by atoms with Gasteiger partial charge >= 0.3 is 0 Å². The highest BCUT2D eigenvalue weighted by Crippen LogP contribution is 2.30. The van der Waals surface area contributed by atoms with Crippen LogP contribution in [0.1, 0.15) is 6.42 Å². The van der Waals surface area contributed by atoms with Crippen LogP contribution in [-0.2, 0) is 14.6 Å². The fourth-order valence-electron chi connectivity index (χ4n) is 1.83. The molecule has 2 aromatic rings. The maximum Gasteiger partial charge on any atom is 0.225 e. The van der Waals surface area contributed by atoms with E-state index in [4.69, 9.17) is 9.47 Å². The summed E-state index contributed by atoms with van der Waals surface area (Å²) < 4.78 is 32.9. The molecule has 0 saturated carbocycles. The first-order chi connectivity index (χ1) is 11.4. The number of sulfone groups is 1. The molecule has 1 N–H and O–H groups in total. The number of hydrogen-bond acceptors (Lipinski definition) is 6. The maximum atomic E-state index is 11.7. The smallest absolute Gasteiger partial charge is 0.225 e. The normalized spacial score (nSPS) is 10.9. The van der Waals surface area contributed by atoms with Gasteiger partial charge in [0.1, 0.15) is 9.84 Å². The minimum atomic E-state index is -3.17. The quantitative estimate of drug-likeness (QED) is 0.823. The Morgan fingerprint density at radius 2 is 1.88 bits per heavy atom. The molecule has 0 saturated heterocycles. The molecular weight excluding hydrogens is 332 g/mol. The van der Waals surface area contributed by atoms with Crippen molar-refractivity contribution >= 4 is 21.4 Å². The van der Waals surface area contributed by atoms with Crippen LogP contribution >= 0.6 is 0 Å². The highest BCUT2D eigenvalue weighted by molar-refractivity contribution is 7.90. The van der Waals surface area contributed by atoms with Gasteiger partial charge in [0.15, 0.2) is 11.5 Å². The summed E-state index contributed by atoms with van der Waals surface area (Å²) in [6, 6.07) is 10.4. The Balaban J connectivity index is 1.97. The molecule has 0 unspecified atom stereocenters. The Morgan fingerprint density at radius 3 is 2.46 bits per heavy atom. The van der Waals surface area contributed by atoms with E-state index in [1.165, 1.54) is 6.20 Å². The largest absolute Gasteiger partial charge is 0.493 e. The maximum absolute atomic E-state index is 11.7. The second-order valence-electron chi connectivity index (χ2n) is 5.07. The van der Waals surface area contributed by atoms with Gasteiger partial charge in [-0.1, -0.05) is 12.1 Å². The van der Waals surface area contributed by atoms with Crippen molar-refractivity contribution in [2.75, 3.05) is 24.4 Å². The predicted octanol–water partition coefficient (Wildman–Crippen LogP) is 2.26. The zero-order valence-corrected chi connectivity index (χ0v) is 14.2. The number of pyridine rings is 1. The summed E-state index contributed by atoms with van der Waals surface area (Å²) >= 11 is 0. The van der Waals surface area contributed by atoms with Crippen molar-refractivity contribution < 1.29 is 22.7 Å². The summed E-state index contributed by atoms with van der Waals surface area (Å²) in [5, 5.41) is 2.58. The second kappa shape index (κ2) is 7.78. The zero-order chi connectivity index (χ0) is 17.6. The SMILES string of the molecule is COc1ccccc1Oc1ccc(NC(=O)CCS(C)(=O)=O)cn1. The minimum Gasteiger partial charge on any atom is -0.493 e. The highest BCUT2D eigenvalue weighted by atomic mass is 32.2. The number of nitrogens with one attached hydrogen (secondary N) is 1. The van der Waals surface area contributed by atoms with E-state index in [1.54, 1.807) is 31.4 Å². The summed E-state index contributed by atoms with van der Waals surface area (Å²) in [4.78, 5) is 15.8. The molecule has 0 fully saturated rings. The Hall–Kier alpha value is -2.61. The van der Waals surface area contributed by atoms with Crippen molar-refractivity contribution in [3.8, 4) is 17.4 Å². The molecule has 1 amide bonds. The van der Waals surface area contributed by atoms with Crippen LogP contribution in [0.2, 0.25) is 0 Å². The number of amides is 1. The molecular formula is C16H18N2O5S. The number of carbonyl (C=O) groups excluding carboxylic acids is 1. The standard InChI is InChI=1S/C16H18N2O5S/c1-22-13-5-3-4-6-14(13)23-16-8-7-12(11-17-16)18-15(19)9-10-24(2,20)21/h3-8,11H,9-10H2,1-2H3,(H,18,19). The lowest BCUT2D eigenvalue weighted by atomic mass is 10.3. The molecule has 0 bridgehead atoms. The van der Waals surface area contributed by atoms with Gasteiger partial charge in [0, 0.05) is 18.7 Å². The number of hydrogen-bond donors (Lipinski definition) is 1. The van der Waals surface area contributed by atoms with Crippen LogP contribution in [0.25, 0.3) is 0 Å². The van der Waals surface area contributed by atoms with E-state index in [0.29, 0.717) is 23.1 Å². The van der Waals surface area contributed by atoms with Gasteiger partial charge < -0.3 is 14.8 Å². The van der Waals surface area contributed by atoms with Crippen molar-refractivity contribution in [1.82, 2.24) is 4.98 Å². The van der Waals surface area contributed by atoms with Crippen LogP contribution < -0.4 is 14.8 Å². The van der Waals surface area contributed by atoms with E-state index >= 15 is 0 Å². The Labute approximate surface area is 140 Å². The fourth-order valence-corrected chi connectivity index (χ4v) is 2.39. The van der Waals surface area contributed by atoms with Crippen LogP contribution in [0.3, 0.4) is 0 Å². The third-order valence-corrected chi connectivity index (χ3v) is 3.95. The number of methoxy groups -OCH3 is 1. The average Bonchev–Trinajstić information content (AvgIpc) is 2.55. The van der Waals surface area contributed by atoms with Gasteiger partial charge in [-0.25, -0.2) is 13.4 Å². The highest BCUT2D eigenvalue weighted by Gasteiger charge is 2.09. The summed E-state index contributed by atoms with van der Waals surface area (Å²) in [7, 11) is -1.62. The van der Waals surface area contributed by atoms with Crippen molar-refractivity contribution in [3.05, 3.63) is 42.6 Å². The molecule has 128 valence electrons. The first kappa shape index (κ1) is 17.7. The number of nitrogens with zero attached hydrogens (tertiary/aromatic N) is 1. The molecule has 0 aliphatic heterocycles. The van der Waals surface area contributed by atoms with E-state index in [2.05, 4.69) is 10.3 Å². The third-order valence-electron chi connectivity index (χ3n) is 3.00. The molecule has 1 aromatic carbocycles. The van der Waals surface area contributed by atoms with E-state index in [-0.39, 0.29) is 18.1 Å². The van der Waals surface area contributed by atoms with Gasteiger partial charge in [-0.2, -0.15) is 0 Å². The summed E-state index contributed by atoms with van der Waals surface area (Å²) in [5.74, 6) is 0.866. The van der Waals surface area contributed by atoms with Crippen molar-refractivity contribution in [3.63, 3.8) is 0 Å². The molecule has 0 aliphatic carbocycles. The monoisotopic (exact) mass is 350 g/mol. The molecule has 24 heavy (non-hydrogen) atoms. The fraction of sp³-hybridized carbons (Fsp3) is 0.250. The number of benzene rings is 1. The first-order valence-electron chi connectivity index (χ1n) is 7.12. The molecule has 1 heterocycles. The number of rotatable bonds is 7. The number of para-hydroxylation sites is 2. The molecule has 1 aromatic heterocycles. The predicted molar refractivity (Wildman–Crippen MR) is 90.3 cm³/mol. The molecule has 0 radical (unpaired) electrons. The van der Waals surface area contributed by atoms with Gasteiger partial charge in [0.05, 0.1) is 24.7 Å². The Kier molecular flexibility index (Phi) is 5.75. The van der Waals surface area contributed by atoms with Crippen LogP contribution in [0.15, 0.2) is 42.6 Å². The number of anilines is 1. The molecule has 0 aliphatic rings. The van der Waals surface area contributed by atoms with Crippen LogP contribution in [-0.4, -0.2) is 38.4 Å². The van der Waals surface area contributed by atoms with Crippen LogP contribution in [0.4, 0.5) is 5.69 Å². The van der Waals surface area contributed by atoms with Crippen molar-refractivity contribution in [1.29, 1.82) is 0 Å². The third kappa shape index (κ3) is 5.54. The topological polar surface area (TPSA) is 94.6 Å². The van der Waals surface area contributed by atoms with E-state index in [9.17, 15) is 13.2 Å². The van der Waals surface area contributed by atoms with Gasteiger partial charge in [0.25, 0.3) is 0 Å². The molecule has 8 heteroatoms. The van der Waals surface area contributed by atoms with Gasteiger partial charge in [-0.3, -0.25) is 4.79 Å². The minimum absolute atomic E-state index is 0.0989. The van der Waals surface area contributed by atoms with Crippen LogP contribution in [0, 0.1) is 0 Å². The van der Waals surface area contributed by atoms with E-state index in [1.807, 2.05) is 12.1 Å². The lowest BCUT2D eigenvalue weighted by Gasteiger charge is -2.10. The second-order valence-corrected chi connectivity index (χ2v) is 7.33. The lowest BCUT2D eigenvalue weighted by Crippen LogP contribution is -2.16. The van der Waals surface area contributed by atoms with Crippen LogP contribution in [0.5, 0.6) is 17.4 Å². The van der Waals surface area contributed by atoms with Crippen molar-refractivity contribution in [2.24, 2.45) is 0 Å². The number of carbonyl (C=O) groups is 1. The number of ether oxygens (including phenoxy) is 2. The molecule has 0 atom stereocenters. The van der Waals surface area contributed by atoms with Crippen molar-refractivity contribution in [2.45, 2.75) is 6.42 Å². The molecule has 2 rings (SSSR count).